The summed E-state index contributed by atoms with van der Waals surface area (Å²) in [5.74, 6) is 0.427. The van der Waals surface area contributed by atoms with Crippen molar-refractivity contribution in [2.24, 2.45) is 0 Å². The molecule has 2 aromatic rings. The lowest BCUT2D eigenvalue weighted by molar-refractivity contribution is 0.0600. The summed E-state index contributed by atoms with van der Waals surface area (Å²) in [6.45, 7) is 0.577. The van der Waals surface area contributed by atoms with E-state index in [0.29, 0.717) is 18.6 Å². The Hall–Kier alpha value is -2.33. The Kier molecular flexibility index (Phi) is 5.35. The van der Waals surface area contributed by atoms with Gasteiger partial charge in [-0.05, 0) is 41.8 Å². The molecule has 4 heteroatoms. The van der Waals surface area contributed by atoms with Crippen LogP contribution in [-0.2, 0) is 17.8 Å². The van der Waals surface area contributed by atoms with Crippen LogP contribution < -0.4 is 4.74 Å². The van der Waals surface area contributed by atoms with E-state index in [1.807, 2.05) is 36.4 Å². The van der Waals surface area contributed by atoms with E-state index in [9.17, 15) is 4.79 Å². The Balaban J connectivity index is 1.91. The highest BCUT2D eigenvalue weighted by molar-refractivity contribution is 5.89. The van der Waals surface area contributed by atoms with E-state index in [-0.39, 0.29) is 12.6 Å². The highest BCUT2D eigenvalue weighted by atomic mass is 16.5. The van der Waals surface area contributed by atoms with E-state index in [1.54, 1.807) is 12.1 Å². The molecule has 2 aromatic carbocycles. The minimum atomic E-state index is -0.345. The lowest BCUT2D eigenvalue weighted by atomic mass is 10.1. The van der Waals surface area contributed by atoms with Gasteiger partial charge >= 0.3 is 5.97 Å². The second-order valence-electron chi connectivity index (χ2n) is 4.59. The Labute approximate surface area is 123 Å². The third kappa shape index (κ3) is 4.33. The number of carbonyl (C=O) groups excluding carboxylic acids is 1. The van der Waals surface area contributed by atoms with Gasteiger partial charge in [-0.2, -0.15) is 0 Å². The van der Waals surface area contributed by atoms with E-state index < -0.39 is 0 Å². The molecule has 0 aromatic heterocycles. The zero-order valence-corrected chi connectivity index (χ0v) is 11.9. The summed E-state index contributed by atoms with van der Waals surface area (Å²) in [5.41, 5.74) is 2.57. The van der Waals surface area contributed by atoms with E-state index in [1.165, 1.54) is 7.11 Å². The van der Waals surface area contributed by atoms with Gasteiger partial charge in [-0.25, -0.2) is 4.79 Å². The van der Waals surface area contributed by atoms with E-state index in [0.717, 1.165) is 16.9 Å². The van der Waals surface area contributed by atoms with Gasteiger partial charge in [0.1, 0.15) is 12.4 Å². The summed E-state index contributed by atoms with van der Waals surface area (Å²) in [4.78, 5) is 11.3. The lowest BCUT2D eigenvalue weighted by Gasteiger charge is -2.07. The SMILES string of the molecule is COC(=O)c1ccc(COc2ccc(CCO)cc2)cc1. The first-order valence-corrected chi connectivity index (χ1v) is 6.73. The Bertz CT molecular complexity index is 573. The van der Waals surface area contributed by atoms with Crippen molar-refractivity contribution in [1.29, 1.82) is 0 Å². The van der Waals surface area contributed by atoms with E-state index in [4.69, 9.17) is 9.84 Å². The lowest BCUT2D eigenvalue weighted by Crippen LogP contribution is -2.02. The minimum absolute atomic E-state index is 0.146. The maximum atomic E-state index is 11.3. The van der Waals surface area contributed by atoms with Gasteiger partial charge in [0.2, 0.25) is 0 Å². The number of esters is 1. The number of carbonyl (C=O) groups is 1. The first-order chi connectivity index (χ1) is 10.2. The summed E-state index contributed by atoms with van der Waals surface area (Å²) >= 11 is 0. The predicted octanol–water partition coefficient (Wildman–Crippen LogP) is 2.59. The van der Waals surface area contributed by atoms with Gasteiger partial charge in [0.05, 0.1) is 12.7 Å². The number of rotatable bonds is 6. The molecule has 1 N–H and O–H groups in total. The molecule has 4 nitrogen and oxygen atoms in total. The monoisotopic (exact) mass is 286 g/mol. The zero-order chi connectivity index (χ0) is 15.1. The van der Waals surface area contributed by atoms with Crippen molar-refractivity contribution in [3.05, 3.63) is 65.2 Å². The van der Waals surface area contributed by atoms with Crippen LogP contribution in [0.5, 0.6) is 5.75 Å². The van der Waals surface area contributed by atoms with Gasteiger partial charge < -0.3 is 14.6 Å². The van der Waals surface area contributed by atoms with Crippen LogP contribution in [-0.4, -0.2) is 24.8 Å². The first-order valence-electron chi connectivity index (χ1n) is 6.73. The van der Waals surface area contributed by atoms with Gasteiger partial charge in [0, 0.05) is 6.61 Å². The Morgan fingerprint density at radius 3 is 2.19 bits per heavy atom. The van der Waals surface area contributed by atoms with E-state index in [2.05, 4.69) is 4.74 Å². The standard InChI is InChI=1S/C17H18O4/c1-20-17(19)15-6-2-14(3-7-15)12-21-16-8-4-13(5-9-16)10-11-18/h2-9,18H,10-12H2,1H3. The average Bonchev–Trinajstić information content (AvgIpc) is 2.54. The quantitative estimate of drug-likeness (QED) is 0.829. The molecule has 0 bridgehead atoms. The molecular weight excluding hydrogens is 268 g/mol. The molecule has 0 radical (unpaired) electrons. The van der Waals surface area contributed by atoms with Crippen molar-refractivity contribution in [2.75, 3.05) is 13.7 Å². The van der Waals surface area contributed by atoms with Crippen LogP contribution in [0.3, 0.4) is 0 Å². The van der Waals surface area contributed by atoms with Crippen molar-refractivity contribution < 1.29 is 19.4 Å². The third-order valence-corrected chi connectivity index (χ3v) is 3.10. The van der Waals surface area contributed by atoms with Crippen LogP contribution in [0.15, 0.2) is 48.5 Å². The third-order valence-electron chi connectivity index (χ3n) is 3.10. The molecule has 0 saturated carbocycles. The number of hydrogen-bond acceptors (Lipinski definition) is 4. The zero-order valence-electron chi connectivity index (χ0n) is 11.9. The number of hydrogen-bond donors (Lipinski definition) is 1. The Morgan fingerprint density at radius 2 is 1.62 bits per heavy atom. The van der Waals surface area contributed by atoms with Gasteiger partial charge in [-0.1, -0.05) is 24.3 Å². The summed E-state index contributed by atoms with van der Waals surface area (Å²) in [7, 11) is 1.36. The molecule has 0 aliphatic heterocycles. The smallest absolute Gasteiger partial charge is 0.337 e. The second-order valence-corrected chi connectivity index (χ2v) is 4.59. The molecule has 0 amide bonds. The fourth-order valence-corrected chi connectivity index (χ4v) is 1.90. The summed E-state index contributed by atoms with van der Waals surface area (Å²) in [6, 6.07) is 14.8. The van der Waals surface area contributed by atoms with Crippen molar-refractivity contribution >= 4 is 5.97 Å². The highest BCUT2D eigenvalue weighted by Crippen LogP contribution is 2.15. The van der Waals surface area contributed by atoms with Crippen molar-refractivity contribution in [3.8, 4) is 5.75 Å². The number of aliphatic hydroxyl groups excluding tert-OH is 1. The fourth-order valence-electron chi connectivity index (χ4n) is 1.90. The molecule has 0 aliphatic carbocycles. The molecule has 0 spiro atoms. The number of ether oxygens (including phenoxy) is 2. The van der Waals surface area contributed by atoms with Crippen molar-refractivity contribution in [3.63, 3.8) is 0 Å². The Morgan fingerprint density at radius 1 is 1.00 bits per heavy atom. The summed E-state index contributed by atoms with van der Waals surface area (Å²) in [6.07, 6.45) is 0.648. The van der Waals surface area contributed by atoms with Crippen LogP contribution in [0.25, 0.3) is 0 Å². The van der Waals surface area contributed by atoms with Crippen LogP contribution in [0.4, 0.5) is 0 Å². The maximum absolute atomic E-state index is 11.3. The molecule has 0 fully saturated rings. The van der Waals surface area contributed by atoms with Gasteiger partial charge in [0.15, 0.2) is 0 Å². The first kappa shape index (κ1) is 15.1. The van der Waals surface area contributed by atoms with Crippen molar-refractivity contribution in [2.45, 2.75) is 13.0 Å². The molecular formula is C17H18O4. The molecule has 0 saturated heterocycles. The minimum Gasteiger partial charge on any atom is -0.489 e. The molecule has 0 aliphatic rings. The topological polar surface area (TPSA) is 55.8 Å². The molecule has 0 atom stereocenters. The molecule has 21 heavy (non-hydrogen) atoms. The van der Waals surface area contributed by atoms with E-state index >= 15 is 0 Å². The van der Waals surface area contributed by atoms with Gasteiger partial charge in [0.25, 0.3) is 0 Å². The number of aliphatic hydroxyl groups is 1. The van der Waals surface area contributed by atoms with Crippen molar-refractivity contribution in [1.82, 2.24) is 0 Å². The van der Waals surface area contributed by atoms with Crippen LogP contribution in [0.1, 0.15) is 21.5 Å². The largest absolute Gasteiger partial charge is 0.489 e. The second kappa shape index (κ2) is 7.45. The number of benzene rings is 2. The fraction of sp³-hybridized carbons (Fsp3) is 0.235. The molecule has 0 unspecified atom stereocenters. The maximum Gasteiger partial charge on any atom is 0.337 e. The average molecular weight is 286 g/mol. The van der Waals surface area contributed by atoms with Crippen LogP contribution in [0.2, 0.25) is 0 Å². The van der Waals surface area contributed by atoms with Crippen LogP contribution >= 0.6 is 0 Å². The van der Waals surface area contributed by atoms with Gasteiger partial charge in [-0.3, -0.25) is 0 Å². The molecule has 0 heterocycles. The molecule has 2 rings (SSSR count). The highest BCUT2D eigenvalue weighted by Gasteiger charge is 2.04. The number of methoxy groups -OCH3 is 1. The normalized spacial score (nSPS) is 10.2. The van der Waals surface area contributed by atoms with Gasteiger partial charge in [-0.15, -0.1) is 0 Å². The summed E-state index contributed by atoms with van der Waals surface area (Å²) in [5, 5.41) is 8.86. The summed E-state index contributed by atoms with van der Waals surface area (Å²) < 4.78 is 10.3. The predicted molar refractivity (Wildman–Crippen MR) is 79.3 cm³/mol. The van der Waals surface area contributed by atoms with Crippen LogP contribution in [0, 0.1) is 0 Å². The molecule has 110 valence electrons.